The maximum atomic E-state index is 11.7. The molecule has 2 saturated heterocycles. The van der Waals surface area contributed by atoms with Crippen LogP contribution < -0.4 is 5.32 Å². The zero-order valence-corrected chi connectivity index (χ0v) is 13.9. The van der Waals surface area contributed by atoms with E-state index in [-0.39, 0.29) is 12.5 Å². The van der Waals surface area contributed by atoms with Gasteiger partial charge in [-0.2, -0.15) is 0 Å². The number of fused-ring (bicyclic) bond motifs is 1. The molecule has 6 atom stereocenters. The second-order valence-electron chi connectivity index (χ2n) is 5.88. The fourth-order valence-electron chi connectivity index (χ4n) is 3.16. The molecule has 9 heteroatoms. The summed E-state index contributed by atoms with van der Waals surface area (Å²) in [7, 11) is 1.45. The highest BCUT2D eigenvalue weighted by Gasteiger charge is 2.50. The Morgan fingerprint density at radius 1 is 1.36 bits per heavy atom. The van der Waals surface area contributed by atoms with Crippen LogP contribution in [0.15, 0.2) is 35.4 Å². The number of hydrogen-bond donors (Lipinski definition) is 1. The molecule has 0 aromatic heterocycles. The molecule has 1 amide bonds. The molecule has 3 rings (SSSR count). The summed E-state index contributed by atoms with van der Waals surface area (Å²) in [5.41, 5.74) is 9.74. The average Bonchev–Trinajstić information content (AvgIpc) is 2.63. The molecule has 1 N–H and O–H groups in total. The van der Waals surface area contributed by atoms with Crippen LogP contribution in [0.3, 0.4) is 0 Å². The van der Waals surface area contributed by atoms with E-state index in [2.05, 4.69) is 15.3 Å². The van der Waals surface area contributed by atoms with Gasteiger partial charge in [-0.1, -0.05) is 35.4 Å². The summed E-state index contributed by atoms with van der Waals surface area (Å²) in [6, 6.07) is 8.12. The number of nitrogens with zero attached hydrogens (tertiary/aromatic N) is 3. The number of azide groups is 1. The van der Waals surface area contributed by atoms with Gasteiger partial charge in [0.15, 0.2) is 12.6 Å². The molecule has 0 unspecified atom stereocenters. The predicted molar refractivity (Wildman–Crippen MR) is 86.2 cm³/mol. The van der Waals surface area contributed by atoms with Crippen molar-refractivity contribution in [2.24, 2.45) is 5.11 Å². The lowest BCUT2D eigenvalue weighted by Gasteiger charge is -2.48. The van der Waals surface area contributed by atoms with E-state index in [9.17, 15) is 4.79 Å². The maximum absolute atomic E-state index is 11.7. The Labute approximate surface area is 144 Å². The van der Waals surface area contributed by atoms with Crippen molar-refractivity contribution in [3.8, 4) is 0 Å². The summed E-state index contributed by atoms with van der Waals surface area (Å²) in [4.78, 5) is 14.5. The van der Waals surface area contributed by atoms with Crippen molar-refractivity contribution in [3.05, 3.63) is 46.3 Å². The number of benzene rings is 1. The number of methoxy groups -OCH3 is 1. The van der Waals surface area contributed by atoms with Crippen LogP contribution in [0.1, 0.15) is 18.8 Å². The molecule has 0 aliphatic carbocycles. The lowest BCUT2D eigenvalue weighted by molar-refractivity contribution is -0.323. The fourth-order valence-corrected chi connectivity index (χ4v) is 3.16. The Kier molecular flexibility index (Phi) is 5.52. The van der Waals surface area contributed by atoms with Crippen molar-refractivity contribution in [2.75, 3.05) is 13.7 Å². The van der Waals surface area contributed by atoms with Crippen LogP contribution in [0.2, 0.25) is 0 Å². The van der Waals surface area contributed by atoms with E-state index in [1.54, 1.807) is 0 Å². The van der Waals surface area contributed by atoms with Crippen molar-refractivity contribution in [1.82, 2.24) is 5.32 Å². The van der Waals surface area contributed by atoms with Crippen molar-refractivity contribution in [1.29, 1.82) is 0 Å². The first kappa shape index (κ1) is 17.7. The molecule has 2 aliphatic heterocycles. The van der Waals surface area contributed by atoms with Crippen LogP contribution in [0, 0.1) is 0 Å². The third kappa shape index (κ3) is 3.76. The van der Waals surface area contributed by atoms with E-state index in [0.29, 0.717) is 0 Å². The van der Waals surface area contributed by atoms with Gasteiger partial charge in [0, 0.05) is 24.5 Å². The second kappa shape index (κ2) is 7.81. The lowest BCUT2D eigenvalue weighted by Crippen LogP contribution is -2.66. The highest BCUT2D eigenvalue weighted by Crippen LogP contribution is 2.35. The second-order valence-corrected chi connectivity index (χ2v) is 5.88. The third-order valence-corrected chi connectivity index (χ3v) is 4.23. The molecule has 0 saturated carbocycles. The van der Waals surface area contributed by atoms with Gasteiger partial charge in [-0.15, -0.1) is 0 Å². The number of nitrogens with one attached hydrogen (secondary N) is 1. The van der Waals surface area contributed by atoms with Gasteiger partial charge < -0.3 is 24.3 Å². The first-order valence-electron chi connectivity index (χ1n) is 7.95. The fraction of sp³-hybridized carbons (Fsp3) is 0.562. The minimum atomic E-state index is -0.797. The summed E-state index contributed by atoms with van der Waals surface area (Å²) in [6.07, 6.45) is -2.38. The van der Waals surface area contributed by atoms with Gasteiger partial charge in [0.1, 0.15) is 18.2 Å². The maximum Gasteiger partial charge on any atom is 0.217 e. The van der Waals surface area contributed by atoms with E-state index in [1.807, 2.05) is 30.3 Å². The zero-order valence-electron chi connectivity index (χ0n) is 13.9. The molecule has 25 heavy (non-hydrogen) atoms. The zero-order chi connectivity index (χ0) is 17.8. The summed E-state index contributed by atoms with van der Waals surface area (Å²) in [5, 5.41) is 6.56. The van der Waals surface area contributed by atoms with Crippen LogP contribution in [0.4, 0.5) is 0 Å². The van der Waals surface area contributed by atoms with Crippen molar-refractivity contribution < 1.29 is 23.7 Å². The van der Waals surface area contributed by atoms with Gasteiger partial charge in [-0.3, -0.25) is 4.79 Å². The van der Waals surface area contributed by atoms with E-state index < -0.39 is 36.9 Å². The number of carbonyl (C=O) groups is 1. The number of ether oxygens (including phenoxy) is 4. The topological polar surface area (TPSA) is 115 Å². The monoisotopic (exact) mass is 348 g/mol. The van der Waals surface area contributed by atoms with E-state index in [1.165, 1.54) is 14.0 Å². The van der Waals surface area contributed by atoms with Crippen LogP contribution in [0.25, 0.3) is 10.4 Å². The Morgan fingerprint density at radius 2 is 2.12 bits per heavy atom. The normalized spacial score (nSPS) is 34.5. The Bertz CT molecular complexity index is 651. The molecule has 134 valence electrons. The number of amides is 1. The molecule has 1 aromatic carbocycles. The van der Waals surface area contributed by atoms with Crippen LogP contribution in [0.5, 0.6) is 0 Å². The first-order valence-corrected chi connectivity index (χ1v) is 7.95. The molecule has 0 bridgehead atoms. The first-order chi connectivity index (χ1) is 12.1. The van der Waals surface area contributed by atoms with E-state index in [0.717, 1.165) is 5.56 Å². The van der Waals surface area contributed by atoms with Gasteiger partial charge in [-0.25, -0.2) is 0 Å². The van der Waals surface area contributed by atoms with E-state index >= 15 is 0 Å². The molecule has 9 nitrogen and oxygen atoms in total. The van der Waals surface area contributed by atoms with Crippen LogP contribution >= 0.6 is 0 Å². The minimum absolute atomic E-state index is 0.259. The quantitative estimate of drug-likeness (QED) is 0.505. The van der Waals surface area contributed by atoms with Crippen LogP contribution in [-0.4, -0.2) is 50.2 Å². The van der Waals surface area contributed by atoms with Gasteiger partial charge in [0.25, 0.3) is 0 Å². The van der Waals surface area contributed by atoms with Gasteiger partial charge >= 0.3 is 0 Å². The minimum Gasteiger partial charge on any atom is -0.355 e. The van der Waals surface area contributed by atoms with Gasteiger partial charge in [-0.05, 0) is 5.53 Å². The Balaban J connectivity index is 1.87. The molecular formula is C16H20N4O5. The third-order valence-electron chi connectivity index (χ3n) is 4.23. The standard InChI is InChI=1S/C16H20N4O5/c1-9(21)18-12-13(19-20-17)16(22-2)24-11-8-23-15(25-14(11)12)10-6-4-3-5-7-10/h3-7,11-16H,8H2,1-2H3,(H,18,21)/t11-,12+,13+,14-,15-,16-/m1/s1. The lowest BCUT2D eigenvalue weighted by atomic mass is 9.93. The van der Waals surface area contributed by atoms with Crippen molar-refractivity contribution in [2.45, 2.75) is 43.8 Å². The SMILES string of the molecule is CO[C@@H]1O[C@@H]2CO[C@@H](c3ccccc3)O[C@H]2[C@@H](NC(C)=O)[C@@H]1N=[N+]=[N-]. The molecular weight excluding hydrogens is 328 g/mol. The van der Waals surface area contributed by atoms with Crippen molar-refractivity contribution in [3.63, 3.8) is 0 Å². The highest BCUT2D eigenvalue weighted by molar-refractivity contribution is 5.73. The van der Waals surface area contributed by atoms with Gasteiger partial charge in [0.05, 0.1) is 12.6 Å². The summed E-state index contributed by atoms with van der Waals surface area (Å²) >= 11 is 0. The van der Waals surface area contributed by atoms with Gasteiger partial charge in [0.2, 0.25) is 5.91 Å². The Morgan fingerprint density at radius 3 is 2.76 bits per heavy atom. The number of hydrogen-bond acceptors (Lipinski definition) is 6. The molecule has 1 aromatic rings. The summed E-state index contributed by atoms with van der Waals surface area (Å²) < 4.78 is 22.9. The molecule has 0 radical (unpaired) electrons. The predicted octanol–water partition coefficient (Wildman–Crippen LogP) is 1.66. The van der Waals surface area contributed by atoms with E-state index in [4.69, 9.17) is 24.5 Å². The number of carbonyl (C=O) groups excluding carboxylic acids is 1. The summed E-state index contributed by atoms with van der Waals surface area (Å²) in [5.74, 6) is -0.259. The molecule has 2 heterocycles. The molecule has 0 spiro atoms. The largest absolute Gasteiger partial charge is 0.355 e. The molecule has 2 fully saturated rings. The van der Waals surface area contributed by atoms with Crippen LogP contribution in [-0.2, 0) is 23.7 Å². The highest BCUT2D eigenvalue weighted by atomic mass is 16.7. The van der Waals surface area contributed by atoms with Crippen molar-refractivity contribution >= 4 is 5.91 Å². The smallest absolute Gasteiger partial charge is 0.217 e. The summed E-state index contributed by atoms with van der Waals surface area (Å²) in [6.45, 7) is 1.66. The average molecular weight is 348 g/mol. The molecule has 2 aliphatic rings. The number of rotatable bonds is 4. The Hall–Kier alpha value is -2.16.